The zero-order valence-electron chi connectivity index (χ0n) is 14.4. The summed E-state index contributed by atoms with van der Waals surface area (Å²) in [7, 11) is 0. The minimum Gasteiger partial charge on any atom is -0.338 e. The standard InChI is InChI=1S/C17H23F2N3O2.ClH/c1-3-11(2)15(20)17(24)22-9-7-21(8-10-22)16(23)14-12(18)5-4-6-13(14)19;/h4-6,11,15H,3,7-10,20H2,1-2H3;1H. The number of carbonyl (C=O) groups excluding carboxylic acids is 2. The Morgan fingerprint density at radius 1 is 1.12 bits per heavy atom. The van der Waals surface area contributed by atoms with E-state index in [1.165, 1.54) is 11.0 Å². The quantitative estimate of drug-likeness (QED) is 0.875. The molecule has 1 aromatic carbocycles. The largest absolute Gasteiger partial charge is 0.338 e. The number of rotatable bonds is 4. The van der Waals surface area contributed by atoms with Crippen LogP contribution in [0.2, 0.25) is 0 Å². The average molecular weight is 376 g/mol. The number of nitrogens with zero attached hydrogens (tertiary/aromatic N) is 2. The molecular formula is C17H24ClF2N3O2. The first-order valence-electron chi connectivity index (χ1n) is 8.14. The topological polar surface area (TPSA) is 66.6 Å². The third-order valence-electron chi connectivity index (χ3n) is 4.60. The molecule has 1 aromatic rings. The summed E-state index contributed by atoms with van der Waals surface area (Å²) in [5, 5.41) is 0. The molecule has 25 heavy (non-hydrogen) atoms. The summed E-state index contributed by atoms with van der Waals surface area (Å²) < 4.78 is 27.5. The van der Waals surface area contributed by atoms with Crippen molar-refractivity contribution in [2.45, 2.75) is 26.3 Å². The number of hydrogen-bond donors (Lipinski definition) is 1. The van der Waals surface area contributed by atoms with Crippen molar-refractivity contribution in [3.8, 4) is 0 Å². The van der Waals surface area contributed by atoms with Crippen molar-refractivity contribution >= 4 is 24.2 Å². The fourth-order valence-electron chi connectivity index (χ4n) is 2.70. The van der Waals surface area contributed by atoms with Crippen LogP contribution in [-0.4, -0.2) is 53.8 Å². The van der Waals surface area contributed by atoms with Crippen molar-refractivity contribution in [1.29, 1.82) is 0 Å². The lowest BCUT2D eigenvalue weighted by atomic mass is 9.98. The van der Waals surface area contributed by atoms with E-state index in [2.05, 4.69) is 0 Å². The van der Waals surface area contributed by atoms with Gasteiger partial charge in [0.05, 0.1) is 6.04 Å². The van der Waals surface area contributed by atoms with E-state index >= 15 is 0 Å². The maximum atomic E-state index is 13.7. The van der Waals surface area contributed by atoms with Crippen LogP contribution in [-0.2, 0) is 4.79 Å². The summed E-state index contributed by atoms with van der Waals surface area (Å²) in [5.41, 5.74) is 5.41. The number of carbonyl (C=O) groups is 2. The highest BCUT2D eigenvalue weighted by molar-refractivity contribution is 5.95. The lowest BCUT2D eigenvalue weighted by Gasteiger charge is -2.36. The van der Waals surface area contributed by atoms with Gasteiger partial charge < -0.3 is 15.5 Å². The second-order valence-electron chi connectivity index (χ2n) is 6.13. The van der Waals surface area contributed by atoms with Crippen molar-refractivity contribution in [1.82, 2.24) is 9.80 Å². The van der Waals surface area contributed by atoms with E-state index in [9.17, 15) is 18.4 Å². The summed E-state index contributed by atoms with van der Waals surface area (Å²) in [6.07, 6.45) is 0.803. The highest BCUT2D eigenvalue weighted by Gasteiger charge is 2.31. The van der Waals surface area contributed by atoms with Crippen LogP contribution in [0.3, 0.4) is 0 Å². The lowest BCUT2D eigenvalue weighted by Crippen LogP contribution is -2.55. The highest BCUT2D eigenvalue weighted by atomic mass is 35.5. The van der Waals surface area contributed by atoms with E-state index in [4.69, 9.17) is 5.73 Å². The first-order chi connectivity index (χ1) is 11.4. The maximum Gasteiger partial charge on any atom is 0.259 e. The van der Waals surface area contributed by atoms with Crippen molar-refractivity contribution < 1.29 is 18.4 Å². The molecule has 2 rings (SSSR count). The molecule has 1 saturated heterocycles. The highest BCUT2D eigenvalue weighted by Crippen LogP contribution is 2.17. The molecule has 2 N–H and O–H groups in total. The molecule has 2 amide bonds. The molecule has 2 unspecified atom stereocenters. The summed E-state index contributed by atoms with van der Waals surface area (Å²) in [6.45, 7) is 4.97. The van der Waals surface area contributed by atoms with Gasteiger partial charge in [0.2, 0.25) is 5.91 Å². The van der Waals surface area contributed by atoms with Gasteiger partial charge in [0, 0.05) is 26.2 Å². The molecule has 1 aliphatic heterocycles. The van der Waals surface area contributed by atoms with E-state index in [1.54, 1.807) is 4.90 Å². The van der Waals surface area contributed by atoms with Crippen molar-refractivity contribution in [3.63, 3.8) is 0 Å². The van der Waals surface area contributed by atoms with Crippen LogP contribution in [0.4, 0.5) is 8.78 Å². The number of benzene rings is 1. The fourth-order valence-corrected chi connectivity index (χ4v) is 2.70. The Labute approximate surface area is 152 Å². The molecule has 1 fully saturated rings. The summed E-state index contributed by atoms with van der Waals surface area (Å²) in [5.74, 6) is -2.52. The third-order valence-corrected chi connectivity index (χ3v) is 4.60. The first-order valence-corrected chi connectivity index (χ1v) is 8.14. The Morgan fingerprint density at radius 2 is 1.60 bits per heavy atom. The van der Waals surface area contributed by atoms with E-state index in [1.807, 2.05) is 13.8 Å². The molecule has 1 aliphatic rings. The van der Waals surface area contributed by atoms with Gasteiger partial charge in [-0.1, -0.05) is 26.3 Å². The second kappa shape index (κ2) is 9.10. The number of halogens is 3. The van der Waals surface area contributed by atoms with Crippen LogP contribution in [0.1, 0.15) is 30.6 Å². The molecule has 0 radical (unpaired) electrons. The third kappa shape index (κ3) is 4.67. The number of nitrogens with two attached hydrogens (primary N) is 1. The van der Waals surface area contributed by atoms with Gasteiger partial charge in [-0.15, -0.1) is 12.4 Å². The minimum atomic E-state index is -0.878. The Bertz CT molecular complexity index is 602. The van der Waals surface area contributed by atoms with Crippen LogP contribution >= 0.6 is 12.4 Å². The van der Waals surface area contributed by atoms with Crippen molar-refractivity contribution in [3.05, 3.63) is 35.4 Å². The summed E-state index contributed by atoms with van der Waals surface area (Å²) in [4.78, 5) is 27.6. The predicted octanol–water partition coefficient (Wildman–Crippen LogP) is 2.04. The van der Waals surface area contributed by atoms with Gasteiger partial charge in [0.25, 0.3) is 5.91 Å². The molecule has 1 heterocycles. The van der Waals surface area contributed by atoms with Gasteiger partial charge >= 0.3 is 0 Å². The second-order valence-corrected chi connectivity index (χ2v) is 6.13. The Hall–Kier alpha value is -1.73. The zero-order chi connectivity index (χ0) is 17.9. The number of piperazine rings is 1. The minimum absolute atomic E-state index is 0. The van der Waals surface area contributed by atoms with E-state index in [0.717, 1.165) is 18.6 Å². The van der Waals surface area contributed by atoms with Crippen LogP contribution in [0, 0.1) is 17.6 Å². The normalized spacial score (nSPS) is 16.8. The van der Waals surface area contributed by atoms with Gasteiger partial charge in [-0.3, -0.25) is 9.59 Å². The zero-order valence-corrected chi connectivity index (χ0v) is 15.2. The van der Waals surface area contributed by atoms with Crippen LogP contribution in [0.15, 0.2) is 18.2 Å². The van der Waals surface area contributed by atoms with E-state index < -0.39 is 29.1 Å². The van der Waals surface area contributed by atoms with Gasteiger partial charge in [-0.25, -0.2) is 8.78 Å². The number of hydrogen-bond acceptors (Lipinski definition) is 3. The molecule has 140 valence electrons. The molecule has 0 aliphatic carbocycles. The summed E-state index contributed by atoms with van der Waals surface area (Å²) >= 11 is 0. The Morgan fingerprint density at radius 3 is 2.08 bits per heavy atom. The molecule has 2 atom stereocenters. The van der Waals surface area contributed by atoms with E-state index in [-0.39, 0.29) is 37.3 Å². The molecule has 0 aromatic heterocycles. The van der Waals surface area contributed by atoms with Gasteiger partial charge in [-0.05, 0) is 18.1 Å². The molecule has 8 heteroatoms. The van der Waals surface area contributed by atoms with Crippen molar-refractivity contribution in [2.75, 3.05) is 26.2 Å². The number of amides is 2. The monoisotopic (exact) mass is 375 g/mol. The van der Waals surface area contributed by atoms with Gasteiger partial charge in [0.1, 0.15) is 17.2 Å². The Balaban J connectivity index is 0.00000312. The van der Waals surface area contributed by atoms with E-state index in [0.29, 0.717) is 13.1 Å². The SMILES string of the molecule is CCC(C)C(N)C(=O)N1CCN(C(=O)c2c(F)cccc2F)CC1.Cl. The fraction of sp³-hybridized carbons (Fsp3) is 0.529. The predicted molar refractivity (Wildman–Crippen MR) is 93.5 cm³/mol. The molecule has 0 spiro atoms. The molecule has 0 bridgehead atoms. The maximum absolute atomic E-state index is 13.7. The smallest absolute Gasteiger partial charge is 0.259 e. The molecular weight excluding hydrogens is 352 g/mol. The first kappa shape index (κ1) is 21.3. The van der Waals surface area contributed by atoms with Gasteiger partial charge in [-0.2, -0.15) is 0 Å². The Kier molecular flexibility index (Phi) is 7.76. The molecule has 5 nitrogen and oxygen atoms in total. The van der Waals surface area contributed by atoms with Crippen LogP contribution < -0.4 is 5.73 Å². The molecule has 0 saturated carbocycles. The lowest BCUT2D eigenvalue weighted by molar-refractivity contribution is -0.135. The van der Waals surface area contributed by atoms with Crippen molar-refractivity contribution in [2.24, 2.45) is 11.7 Å². The van der Waals surface area contributed by atoms with Gasteiger partial charge in [0.15, 0.2) is 0 Å². The van der Waals surface area contributed by atoms with Crippen LogP contribution in [0.25, 0.3) is 0 Å². The van der Waals surface area contributed by atoms with Crippen LogP contribution in [0.5, 0.6) is 0 Å². The summed E-state index contributed by atoms with van der Waals surface area (Å²) in [6, 6.07) is 2.76. The average Bonchev–Trinajstić information content (AvgIpc) is 2.59.